The number of nitrogens with one attached hydrogen (secondary N) is 1. The minimum atomic E-state index is 0.541. The SMILES string of the molecule is CC1CCCC(Nc2cccc(Cl)c2-n2ccnc2)C1. The van der Waals surface area contributed by atoms with Crippen LogP contribution in [0.15, 0.2) is 36.9 Å². The molecular weight excluding hydrogens is 270 g/mol. The lowest BCUT2D eigenvalue weighted by Gasteiger charge is -2.29. The smallest absolute Gasteiger partial charge is 0.0992 e. The fourth-order valence-electron chi connectivity index (χ4n) is 3.07. The van der Waals surface area contributed by atoms with E-state index in [0.29, 0.717) is 6.04 Å². The third-order valence-electron chi connectivity index (χ3n) is 4.05. The molecule has 0 spiro atoms. The van der Waals surface area contributed by atoms with Crippen LogP contribution in [0.25, 0.3) is 5.69 Å². The van der Waals surface area contributed by atoms with E-state index in [2.05, 4.69) is 23.3 Å². The Morgan fingerprint density at radius 3 is 3.00 bits per heavy atom. The van der Waals surface area contributed by atoms with Crippen LogP contribution in [0.2, 0.25) is 5.02 Å². The minimum absolute atomic E-state index is 0.541. The van der Waals surface area contributed by atoms with Gasteiger partial charge in [-0.25, -0.2) is 4.98 Å². The lowest BCUT2D eigenvalue weighted by atomic mass is 9.87. The number of aromatic nitrogens is 2. The maximum atomic E-state index is 6.38. The van der Waals surface area contributed by atoms with Crippen molar-refractivity contribution < 1.29 is 0 Å². The Bertz CT molecular complexity index is 565. The molecule has 20 heavy (non-hydrogen) atoms. The van der Waals surface area contributed by atoms with E-state index in [1.54, 1.807) is 12.5 Å². The number of halogens is 1. The predicted molar refractivity (Wildman–Crippen MR) is 83.6 cm³/mol. The van der Waals surface area contributed by atoms with E-state index < -0.39 is 0 Å². The first-order valence-corrected chi connectivity index (χ1v) is 7.65. The molecule has 3 rings (SSSR count). The van der Waals surface area contributed by atoms with Crippen molar-refractivity contribution >= 4 is 17.3 Å². The van der Waals surface area contributed by atoms with Crippen molar-refractivity contribution in [3.8, 4) is 5.69 Å². The zero-order valence-electron chi connectivity index (χ0n) is 11.7. The summed E-state index contributed by atoms with van der Waals surface area (Å²) in [4.78, 5) is 4.12. The molecule has 1 saturated carbocycles. The number of hydrogen-bond acceptors (Lipinski definition) is 2. The molecule has 0 saturated heterocycles. The zero-order valence-corrected chi connectivity index (χ0v) is 12.5. The number of nitrogens with zero attached hydrogens (tertiary/aromatic N) is 2. The van der Waals surface area contributed by atoms with Crippen molar-refractivity contribution in [2.45, 2.75) is 38.6 Å². The van der Waals surface area contributed by atoms with Crippen molar-refractivity contribution in [3.05, 3.63) is 41.9 Å². The number of hydrogen-bond donors (Lipinski definition) is 1. The van der Waals surface area contributed by atoms with Gasteiger partial charge in [0.05, 0.1) is 22.7 Å². The molecule has 2 atom stereocenters. The van der Waals surface area contributed by atoms with Gasteiger partial charge >= 0.3 is 0 Å². The number of benzene rings is 1. The zero-order chi connectivity index (χ0) is 13.9. The van der Waals surface area contributed by atoms with E-state index in [4.69, 9.17) is 11.6 Å². The first-order chi connectivity index (χ1) is 9.74. The number of para-hydroxylation sites is 1. The van der Waals surface area contributed by atoms with E-state index in [0.717, 1.165) is 22.3 Å². The summed E-state index contributed by atoms with van der Waals surface area (Å²) in [5, 5.41) is 4.42. The van der Waals surface area contributed by atoms with Gasteiger partial charge in [0, 0.05) is 18.4 Å². The molecule has 1 aliphatic carbocycles. The molecule has 0 bridgehead atoms. The number of imidazole rings is 1. The average Bonchev–Trinajstić information content (AvgIpc) is 2.92. The molecule has 0 amide bonds. The standard InChI is InChI=1S/C16H20ClN3/c1-12-4-2-5-13(10-12)19-15-7-3-6-14(17)16(15)20-9-8-18-11-20/h3,6-9,11-13,19H,2,4-5,10H2,1H3. The fraction of sp³-hybridized carbons (Fsp3) is 0.438. The van der Waals surface area contributed by atoms with E-state index in [-0.39, 0.29) is 0 Å². The molecule has 0 radical (unpaired) electrons. The van der Waals surface area contributed by atoms with Crippen LogP contribution in [-0.4, -0.2) is 15.6 Å². The lowest BCUT2D eigenvalue weighted by molar-refractivity contribution is 0.358. The molecule has 1 aromatic heterocycles. The molecule has 1 heterocycles. The van der Waals surface area contributed by atoms with E-state index in [9.17, 15) is 0 Å². The Labute approximate surface area is 125 Å². The molecule has 106 valence electrons. The van der Waals surface area contributed by atoms with Crippen LogP contribution >= 0.6 is 11.6 Å². The maximum Gasteiger partial charge on any atom is 0.0992 e. The van der Waals surface area contributed by atoms with Crippen molar-refractivity contribution in [3.63, 3.8) is 0 Å². The molecule has 1 aliphatic rings. The summed E-state index contributed by atoms with van der Waals surface area (Å²) in [7, 11) is 0. The summed E-state index contributed by atoms with van der Waals surface area (Å²) >= 11 is 6.38. The molecule has 1 N–H and O–H groups in total. The summed E-state index contributed by atoms with van der Waals surface area (Å²) in [5.41, 5.74) is 2.08. The van der Waals surface area contributed by atoms with Gasteiger partial charge in [0.25, 0.3) is 0 Å². The summed E-state index contributed by atoms with van der Waals surface area (Å²) in [5.74, 6) is 0.803. The van der Waals surface area contributed by atoms with Gasteiger partial charge in [-0.3, -0.25) is 0 Å². The van der Waals surface area contributed by atoms with Gasteiger partial charge in [-0.2, -0.15) is 0 Å². The lowest BCUT2D eigenvalue weighted by Crippen LogP contribution is -2.26. The van der Waals surface area contributed by atoms with Crippen LogP contribution in [0, 0.1) is 5.92 Å². The van der Waals surface area contributed by atoms with Gasteiger partial charge < -0.3 is 9.88 Å². The highest BCUT2D eigenvalue weighted by Crippen LogP contribution is 2.32. The summed E-state index contributed by atoms with van der Waals surface area (Å²) < 4.78 is 1.97. The van der Waals surface area contributed by atoms with Crippen LogP contribution in [0.3, 0.4) is 0 Å². The molecule has 3 nitrogen and oxygen atoms in total. The topological polar surface area (TPSA) is 29.9 Å². The highest BCUT2D eigenvalue weighted by atomic mass is 35.5. The largest absolute Gasteiger partial charge is 0.381 e. The third kappa shape index (κ3) is 2.83. The summed E-state index contributed by atoms with van der Waals surface area (Å²) in [6.45, 7) is 2.34. The van der Waals surface area contributed by atoms with Gasteiger partial charge in [-0.05, 0) is 30.9 Å². The Kier molecular flexibility index (Phi) is 3.97. The maximum absolute atomic E-state index is 6.38. The van der Waals surface area contributed by atoms with Crippen molar-refractivity contribution in [2.75, 3.05) is 5.32 Å². The van der Waals surface area contributed by atoms with Crippen LogP contribution in [0.4, 0.5) is 5.69 Å². The Hall–Kier alpha value is -1.48. The Morgan fingerprint density at radius 2 is 2.25 bits per heavy atom. The van der Waals surface area contributed by atoms with Crippen LogP contribution in [0.5, 0.6) is 0 Å². The monoisotopic (exact) mass is 289 g/mol. The second kappa shape index (κ2) is 5.88. The fourth-order valence-corrected chi connectivity index (χ4v) is 3.34. The molecule has 1 fully saturated rings. The summed E-state index contributed by atoms with van der Waals surface area (Å²) in [6, 6.07) is 6.56. The summed E-state index contributed by atoms with van der Waals surface area (Å²) in [6.07, 6.45) is 10.6. The highest BCUT2D eigenvalue weighted by Gasteiger charge is 2.20. The second-order valence-corrected chi connectivity index (χ2v) is 6.13. The van der Waals surface area contributed by atoms with Gasteiger partial charge in [-0.15, -0.1) is 0 Å². The van der Waals surface area contributed by atoms with Crippen LogP contribution in [0.1, 0.15) is 32.6 Å². The highest BCUT2D eigenvalue weighted by molar-refractivity contribution is 6.33. The van der Waals surface area contributed by atoms with E-state index >= 15 is 0 Å². The molecule has 2 unspecified atom stereocenters. The number of rotatable bonds is 3. The first-order valence-electron chi connectivity index (χ1n) is 7.27. The van der Waals surface area contributed by atoms with Gasteiger partial charge in [0.15, 0.2) is 0 Å². The third-order valence-corrected chi connectivity index (χ3v) is 4.35. The van der Waals surface area contributed by atoms with E-state index in [1.807, 2.05) is 22.9 Å². The minimum Gasteiger partial charge on any atom is -0.381 e. The van der Waals surface area contributed by atoms with Crippen LogP contribution in [-0.2, 0) is 0 Å². The molecule has 1 aromatic carbocycles. The second-order valence-electron chi connectivity index (χ2n) is 5.72. The van der Waals surface area contributed by atoms with Gasteiger partial charge in [0.2, 0.25) is 0 Å². The molecule has 0 aliphatic heterocycles. The normalized spacial score (nSPS) is 22.7. The number of anilines is 1. The van der Waals surface area contributed by atoms with Crippen molar-refractivity contribution in [1.82, 2.24) is 9.55 Å². The first kappa shape index (κ1) is 13.5. The predicted octanol–water partition coefficient (Wildman–Crippen LogP) is 4.52. The quantitative estimate of drug-likeness (QED) is 0.900. The van der Waals surface area contributed by atoms with Crippen molar-refractivity contribution in [1.29, 1.82) is 0 Å². The van der Waals surface area contributed by atoms with Crippen LogP contribution < -0.4 is 5.32 Å². The average molecular weight is 290 g/mol. The Balaban J connectivity index is 1.88. The van der Waals surface area contributed by atoms with Gasteiger partial charge in [-0.1, -0.05) is 37.4 Å². The Morgan fingerprint density at radius 1 is 1.35 bits per heavy atom. The van der Waals surface area contributed by atoms with Crippen molar-refractivity contribution in [2.24, 2.45) is 5.92 Å². The molecule has 2 aromatic rings. The van der Waals surface area contributed by atoms with Gasteiger partial charge in [0.1, 0.15) is 0 Å². The van der Waals surface area contributed by atoms with E-state index in [1.165, 1.54) is 25.7 Å². The molecule has 4 heteroatoms. The molecular formula is C16H20ClN3.